The molecule has 0 radical (unpaired) electrons. The van der Waals surface area contributed by atoms with Crippen LogP contribution in [0.1, 0.15) is 27.2 Å². The van der Waals surface area contributed by atoms with Gasteiger partial charge in [0, 0.05) is 26.2 Å². The van der Waals surface area contributed by atoms with Gasteiger partial charge in [-0.05, 0) is 18.3 Å². The molecule has 1 heterocycles. The molecule has 0 aromatic heterocycles. The maximum atomic E-state index is 9.58. The topological polar surface area (TPSA) is 32.7 Å². The van der Waals surface area contributed by atoms with E-state index in [0.29, 0.717) is 11.8 Å². The Balaban J connectivity index is 2.07. The molecule has 0 aromatic carbocycles. The fraction of sp³-hybridized carbons (Fsp3) is 1.00. The van der Waals surface area contributed by atoms with Crippen molar-refractivity contribution >= 4 is 0 Å². The maximum Gasteiger partial charge on any atom is 0.0593 e. The van der Waals surface area contributed by atoms with Gasteiger partial charge in [-0.1, -0.05) is 20.8 Å². The van der Waals surface area contributed by atoms with Crippen molar-refractivity contribution in [3.63, 3.8) is 0 Å². The molecule has 0 spiro atoms. The van der Waals surface area contributed by atoms with Gasteiger partial charge < -0.3 is 14.7 Å². The summed E-state index contributed by atoms with van der Waals surface area (Å²) in [7, 11) is 0. The first-order valence-electron chi connectivity index (χ1n) is 6.07. The van der Waals surface area contributed by atoms with Crippen LogP contribution in [-0.2, 0) is 4.74 Å². The molecule has 0 bridgehead atoms. The molecule has 2 unspecified atom stereocenters. The van der Waals surface area contributed by atoms with E-state index in [-0.39, 0.29) is 6.10 Å². The van der Waals surface area contributed by atoms with Crippen molar-refractivity contribution in [1.29, 1.82) is 0 Å². The zero-order chi connectivity index (χ0) is 11.3. The van der Waals surface area contributed by atoms with Gasteiger partial charge in [-0.2, -0.15) is 0 Å². The number of likely N-dealkylation sites (tertiary alicyclic amines) is 1. The smallest absolute Gasteiger partial charge is 0.0593 e. The fourth-order valence-corrected chi connectivity index (χ4v) is 1.94. The zero-order valence-electron chi connectivity index (χ0n) is 10.3. The van der Waals surface area contributed by atoms with E-state index in [1.807, 2.05) is 0 Å². The van der Waals surface area contributed by atoms with Crippen molar-refractivity contribution in [2.75, 3.05) is 32.8 Å². The third kappa shape index (κ3) is 4.96. The molecule has 90 valence electrons. The monoisotopic (exact) mass is 215 g/mol. The highest BCUT2D eigenvalue weighted by Gasteiger charge is 2.23. The number of rotatable bonds is 5. The Bertz CT molecular complexity index is 173. The predicted octanol–water partition coefficient (Wildman–Crippen LogP) is 1.36. The van der Waals surface area contributed by atoms with Gasteiger partial charge in [-0.3, -0.25) is 0 Å². The van der Waals surface area contributed by atoms with E-state index in [1.165, 1.54) is 0 Å². The minimum atomic E-state index is -0.0992. The maximum absolute atomic E-state index is 9.58. The van der Waals surface area contributed by atoms with E-state index >= 15 is 0 Å². The molecule has 0 aromatic rings. The first-order valence-corrected chi connectivity index (χ1v) is 6.07. The first-order chi connectivity index (χ1) is 7.09. The quantitative estimate of drug-likeness (QED) is 0.703. The fourth-order valence-electron chi connectivity index (χ4n) is 1.94. The molecule has 0 saturated carbocycles. The lowest BCUT2D eigenvalue weighted by Crippen LogP contribution is -2.43. The molecule has 15 heavy (non-hydrogen) atoms. The second-order valence-corrected chi connectivity index (χ2v) is 5.10. The van der Waals surface area contributed by atoms with Gasteiger partial charge in [-0.15, -0.1) is 0 Å². The standard InChI is InChI=1S/C12H25NO2/c1-10(2)9-15-7-6-13-5-4-12(14)11(3)8-13/h10-12,14H,4-9H2,1-3H3. The molecule has 3 nitrogen and oxygen atoms in total. The third-order valence-corrected chi connectivity index (χ3v) is 2.95. The van der Waals surface area contributed by atoms with Crippen LogP contribution in [0.3, 0.4) is 0 Å². The van der Waals surface area contributed by atoms with E-state index in [1.54, 1.807) is 0 Å². The molecular weight excluding hydrogens is 190 g/mol. The second-order valence-electron chi connectivity index (χ2n) is 5.10. The highest BCUT2D eigenvalue weighted by atomic mass is 16.5. The van der Waals surface area contributed by atoms with E-state index in [4.69, 9.17) is 4.74 Å². The van der Waals surface area contributed by atoms with Crippen molar-refractivity contribution in [2.45, 2.75) is 33.3 Å². The van der Waals surface area contributed by atoms with E-state index in [0.717, 1.165) is 39.3 Å². The predicted molar refractivity (Wildman–Crippen MR) is 61.9 cm³/mol. The van der Waals surface area contributed by atoms with Crippen LogP contribution in [0.25, 0.3) is 0 Å². The van der Waals surface area contributed by atoms with Gasteiger partial charge in [0.1, 0.15) is 0 Å². The summed E-state index contributed by atoms with van der Waals surface area (Å²) in [4.78, 5) is 2.39. The lowest BCUT2D eigenvalue weighted by atomic mass is 9.97. The number of piperidine rings is 1. The van der Waals surface area contributed by atoms with E-state index < -0.39 is 0 Å². The van der Waals surface area contributed by atoms with Crippen LogP contribution in [-0.4, -0.2) is 49.0 Å². The Kier molecular flexibility index (Phi) is 5.58. The normalized spacial score (nSPS) is 28.6. The molecular formula is C12H25NO2. The molecule has 1 fully saturated rings. The van der Waals surface area contributed by atoms with Crippen molar-refractivity contribution in [1.82, 2.24) is 4.90 Å². The Morgan fingerprint density at radius 3 is 2.80 bits per heavy atom. The van der Waals surface area contributed by atoms with Crippen LogP contribution in [0.4, 0.5) is 0 Å². The Morgan fingerprint density at radius 2 is 2.20 bits per heavy atom. The van der Waals surface area contributed by atoms with Gasteiger partial charge in [0.05, 0.1) is 12.7 Å². The molecule has 0 aliphatic carbocycles. The average molecular weight is 215 g/mol. The first kappa shape index (κ1) is 12.9. The van der Waals surface area contributed by atoms with E-state index in [2.05, 4.69) is 25.7 Å². The summed E-state index contributed by atoms with van der Waals surface area (Å²) in [6, 6.07) is 0. The van der Waals surface area contributed by atoms with Gasteiger partial charge >= 0.3 is 0 Å². The van der Waals surface area contributed by atoms with Crippen molar-refractivity contribution in [3.8, 4) is 0 Å². The van der Waals surface area contributed by atoms with Gasteiger partial charge in [0.2, 0.25) is 0 Å². The Hall–Kier alpha value is -0.120. The molecule has 2 atom stereocenters. The lowest BCUT2D eigenvalue weighted by Gasteiger charge is -2.34. The van der Waals surface area contributed by atoms with Crippen molar-refractivity contribution < 1.29 is 9.84 Å². The minimum absolute atomic E-state index is 0.0992. The molecule has 3 heteroatoms. The molecule has 0 amide bonds. The number of nitrogens with zero attached hydrogens (tertiary/aromatic N) is 1. The molecule has 1 rings (SSSR count). The van der Waals surface area contributed by atoms with Crippen LogP contribution >= 0.6 is 0 Å². The summed E-state index contributed by atoms with van der Waals surface area (Å²) in [5.41, 5.74) is 0. The lowest BCUT2D eigenvalue weighted by molar-refractivity contribution is 0.0175. The number of aliphatic hydroxyl groups is 1. The van der Waals surface area contributed by atoms with Crippen LogP contribution in [0.5, 0.6) is 0 Å². The van der Waals surface area contributed by atoms with Crippen LogP contribution < -0.4 is 0 Å². The average Bonchev–Trinajstić information content (AvgIpc) is 2.18. The van der Waals surface area contributed by atoms with Crippen LogP contribution in [0.15, 0.2) is 0 Å². The Morgan fingerprint density at radius 1 is 1.47 bits per heavy atom. The SMILES string of the molecule is CC(C)COCCN1CCC(O)C(C)C1. The van der Waals surface area contributed by atoms with Gasteiger partial charge in [0.15, 0.2) is 0 Å². The number of hydrogen-bond acceptors (Lipinski definition) is 3. The zero-order valence-corrected chi connectivity index (χ0v) is 10.3. The molecule has 1 N–H and O–H groups in total. The summed E-state index contributed by atoms with van der Waals surface area (Å²) in [6.07, 6.45) is 0.809. The minimum Gasteiger partial charge on any atom is -0.393 e. The summed E-state index contributed by atoms with van der Waals surface area (Å²) >= 11 is 0. The van der Waals surface area contributed by atoms with Crippen molar-refractivity contribution in [3.05, 3.63) is 0 Å². The van der Waals surface area contributed by atoms with Crippen LogP contribution in [0, 0.1) is 11.8 Å². The highest BCUT2D eigenvalue weighted by molar-refractivity contribution is 4.76. The van der Waals surface area contributed by atoms with Gasteiger partial charge in [-0.25, -0.2) is 0 Å². The molecule has 1 aliphatic heterocycles. The number of aliphatic hydroxyl groups excluding tert-OH is 1. The summed E-state index contributed by atoms with van der Waals surface area (Å²) in [5.74, 6) is 1.02. The van der Waals surface area contributed by atoms with E-state index in [9.17, 15) is 5.11 Å². The molecule has 1 aliphatic rings. The number of ether oxygens (including phenoxy) is 1. The summed E-state index contributed by atoms with van der Waals surface area (Å²) < 4.78 is 5.56. The second kappa shape index (κ2) is 6.46. The third-order valence-electron chi connectivity index (χ3n) is 2.95. The Labute approximate surface area is 93.4 Å². The van der Waals surface area contributed by atoms with Crippen LogP contribution in [0.2, 0.25) is 0 Å². The van der Waals surface area contributed by atoms with Crippen molar-refractivity contribution in [2.24, 2.45) is 11.8 Å². The number of hydrogen-bond donors (Lipinski definition) is 1. The molecule has 1 saturated heterocycles. The summed E-state index contributed by atoms with van der Waals surface area (Å²) in [6.45, 7) is 11.1. The highest BCUT2D eigenvalue weighted by Crippen LogP contribution is 2.15. The van der Waals surface area contributed by atoms with Gasteiger partial charge in [0.25, 0.3) is 0 Å². The largest absolute Gasteiger partial charge is 0.393 e. The summed E-state index contributed by atoms with van der Waals surface area (Å²) in [5, 5.41) is 9.58.